The van der Waals surface area contributed by atoms with Gasteiger partial charge in [0.25, 0.3) is 0 Å². The highest BCUT2D eigenvalue weighted by Gasteiger charge is 1.85. The van der Waals surface area contributed by atoms with Crippen LogP contribution >= 0.6 is 12.6 Å². The molecule has 0 fully saturated rings. The Bertz CT molecular complexity index is 251. The number of aryl methyl sites for hydroxylation is 1. The van der Waals surface area contributed by atoms with Gasteiger partial charge in [0.2, 0.25) is 0 Å². The van der Waals surface area contributed by atoms with Crippen LogP contribution in [0.25, 0.3) is 6.08 Å². The van der Waals surface area contributed by atoms with Crippen molar-refractivity contribution in [3.05, 3.63) is 41.5 Å². The molecule has 0 atom stereocenters. The summed E-state index contributed by atoms with van der Waals surface area (Å²) in [6.45, 7) is 2.10. The summed E-state index contributed by atoms with van der Waals surface area (Å²) in [4.78, 5) is 0. The third-order valence-corrected chi connectivity index (χ3v) is 1.67. The van der Waals surface area contributed by atoms with E-state index in [0.29, 0.717) is 0 Å². The Morgan fingerprint density at radius 2 is 2.27 bits per heavy atom. The van der Waals surface area contributed by atoms with Gasteiger partial charge in [0, 0.05) is 5.75 Å². The van der Waals surface area contributed by atoms with Gasteiger partial charge in [-0.25, -0.2) is 0 Å². The molecule has 0 N–H and O–H groups in total. The molecule has 0 spiro atoms. The van der Waals surface area contributed by atoms with Gasteiger partial charge in [-0.2, -0.15) is 12.6 Å². The van der Waals surface area contributed by atoms with Crippen LogP contribution in [-0.4, -0.2) is 5.75 Å². The first-order chi connectivity index (χ1) is 5.33. The Hall–Kier alpha value is -0.690. The molecule has 0 amide bonds. The molecule has 1 rings (SSSR count). The Morgan fingerprint density at radius 1 is 1.45 bits per heavy atom. The average molecular weight is 164 g/mol. The fourth-order valence-electron chi connectivity index (χ4n) is 0.963. The summed E-state index contributed by atoms with van der Waals surface area (Å²) in [5.41, 5.74) is 2.55. The molecular formula is C10H12S. The zero-order chi connectivity index (χ0) is 8.10. The van der Waals surface area contributed by atoms with Crippen LogP contribution in [0.4, 0.5) is 0 Å². The highest BCUT2D eigenvalue weighted by atomic mass is 32.1. The van der Waals surface area contributed by atoms with E-state index in [0.717, 1.165) is 5.75 Å². The molecule has 0 nitrogen and oxygen atoms in total. The molecule has 0 saturated heterocycles. The van der Waals surface area contributed by atoms with Crippen molar-refractivity contribution in [1.29, 1.82) is 0 Å². The van der Waals surface area contributed by atoms with Gasteiger partial charge in [0.1, 0.15) is 0 Å². The van der Waals surface area contributed by atoms with Crippen molar-refractivity contribution in [2.24, 2.45) is 0 Å². The number of hydrogen-bond donors (Lipinski definition) is 1. The lowest BCUT2D eigenvalue weighted by atomic mass is 10.1. The van der Waals surface area contributed by atoms with Crippen LogP contribution in [0, 0.1) is 6.92 Å². The van der Waals surface area contributed by atoms with Gasteiger partial charge in [0.15, 0.2) is 0 Å². The van der Waals surface area contributed by atoms with Gasteiger partial charge in [-0.15, -0.1) is 0 Å². The van der Waals surface area contributed by atoms with Crippen LogP contribution in [0.3, 0.4) is 0 Å². The topological polar surface area (TPSA) is 0 Å². The number of benzene rings is 1. The Morgan fingerprint density at radius 3 is 2.91 bits per heavy atom. The number of rotatable bonds is 2. The first-order valence-electron chi connectivity index (χ1n) is 3.67. The van der Waals surface area contributed by atoms with Gasteiger partial charge >= 0.3 is 0 Å². The SMILES string of the molecule is Cc1cccc(C=CCS)c1. The first kappa shape index (κ1) is 8.41. The van der Waals surface area contributed by atoms with Crippen LogP contribution in [-0.2, 0) is 0 Å². The van der Waals surface area contributed by atoms with E-state index in [1.54, 1.807) is 0 Å². The molecular weight excluding hydrogens is 152 g/mol. The van der Waals surface area contributed by atoms with E-state index in [9.17, 15) is 0 Å². The van der Waals surface area contributed by atoms with E-state index in [4.69, 9.17) is 0 Å². The molecule has 0 aromatic heterocycles. The second-order valence-corrected chi connectivity index (χ2v) is 2.86. The zero-order valence-electron chi connectivity index (χ0n) is 6.62. The molecule has 0 heterocycles. The lowest BCUT2D eigenvalue weighted by Gasteiger charge is -1.93. The molecule has 58 valence electrons. The third-order valence-electron chi connectivity index (χ3n) is 1.46. The smallest absolute Gasteiger partial charge is 0.00858 e. The van der Waals surface area contributed by atoms with Crippen LogP contribution in [0.1, 0.15) is 11.1 Å². The molecule has 1 aromatic rings. The largest absolute Gasteiger partial charge is 0.175 e. The fraction of sp³-hybridized carbons (Fsp3) is 0.200. The highest BCUT2D eigenvalue weighted by molar-refractivity contribution is 7.80. The quantitative estimate of drug-likeness (QED) is 0.638. The minimum Gasteiger partial charge on any atom is -0.175 e. The Kier molecular flexibility index (Phi) is 3.24. The van der Waals surface area contributed by atoms with E-state index in [1.807, 2.05) is 6.08 Å². The summed E-state index contributed by atoms with van der Waals surface area (Å²) in [7, 11) is 0. The standard InChI is InChI=1S/C10H12S/c1-9-4-2-5-10(8-9)6-3-7-11/h2-6,8,11H,7H2,1H3. The van der Waals surface area contributed by atoms with Gasteiger partial charge in [-0.3, -0.25) is 0 Å². The van der Waals surface area contributed by atoms with Crippen molar-refractivity contribution in [2.45, 2.75) is 6.92 Å². The normalized spacial score (nSPS) is 10.7. The van der Waals surface area contributed by atoms with Gasteiger partial charge < -0.3 is 0 Å². The molecule has 11 heavy (non-hydrogen) atoms. The fourth-order valence-corrected chi connectivity index (χ4v) is 1.07. The van der Waals surface area contributed by atoms with Crippen LogP contribution in [0.5, 0.6) is 0 Å². The molecule has 0 bridgehead atoms. The van der Waals surface area contributed by atoms with Crippen LogP contribution in [0.2, 0.25) is 0 Å². The Labute approximate surface area is 73.4 Å². The van der Waals surface area contributed by atoms with Gasteiger partial charge in [-0.1, -0.05) is 42.0 Å². The minimum absolute atomic E-state index is 0.800. The number of hydrogen-bond acceptors (Lipinski definition) is 1. The number of thiol groups is 1. The van der Waals surface area contributed by atoms with Gasteiger partial charge in [0.05, 0.1) is 0 Å². The van der Waals surface area contributed by atoms with Crippen molar-refractivity contribution in [3.8, 4) is 0 Å². The van der Waals surface area contributed by atoms with Crippen molar-refractivity contribution in [1.82, 2.24) is 0 Å². The molecule has 0 aliphatic rings. The molecule has 0 unspecified atom stereocenters. The summed E-state index contributed by atoms with van der Waals surface area (Å²) >= 11 is 4.09. The summed E-state index contributed by atoms with van der Waals surface area (Å²) < 4.78 is 0. The molecule has 1 heteroatoms. The predicted molar refractivity (Wildman–Crippen MR) is 54.1 cm³/mol. The molecule has 1 aromatic carbocycles. The molecule has 0 radical (unpaired) electrons. The lowest BCUT2D eigenvalue weighted by molar-refractivity contribution is 1.46. The van der Waals surface area contributed by atoms with E-state index in [-0.39, 0.29) is 0 Å². The molecule has 0 saturated carbocycles. The third kappa shape index (κ3) is 2.81. The van der Waals surface area contributed by atoms with Crippen molar-refractivity contribution in [3.63, 3.8) is 0 Å². The van der Waals surface area contributed by atoms with Crippen LogP contribution < -0.4 is 0 Å². The second kappa shape index (κ2) is 4.24. The maximum atomic E-state index is 4.09. The van der Waals surface area contributed by atoms with Crippen molar-refractivity contribution < 1.29 is 0 Å². The van der Waals surface area contributed by atoms with E-state index in [1.165, 1.54) is 11.1 Å². The van der Waals surface area contributed by atoms with E-state index >= 15 is 0 Å². The molecule has 0 aliphatic carbocycles. The summed E-state index contributed by atoms with van der Waals surface area (Å²) in [6.07, 6.45) is 4.12. The summed E-state index contributed by atoms with van der Waals surface area (Å²) in [5, 5.41) is 0. The maximum absolute atomic E-state index is 4.09. The van der Waals surface area contributed by atoms with Crippen molar-refractivity contribution in [2.75, 3.05) is 5.75 Å². The minimum atomic E-state index is 0.800. The Balaban J connectivity index is 2.79. The predicted octanol–water partition coefficient (Wildman–Crippen LogP) is 2.94. The van der Waals surface area contributed by atoms with E-state index in [2.05, 4.69) is 49.9 Å². The maximum Gasteiger partial charge on any atom is 0.00858 e. The van der Waals surface area contributed by atoms with Crippen LogP contribution in [0.15, 0.2) is 30.3 Å². The van der Waals surface area contributed by atoms with E-state index < -0.39 is 0 Å². The lowest BCUT2D eigenvalue weighted by Crippen LogP contribution is -1.74. The zero-order valence-corrected chi connectivity index (χ0v) is 7.51. The monoisotopic (exact) mass is 164 g/mol. The highest BCUT2D eigenvalue weighted by Crippen LogP contribution is 2.05. The molecule has 0 aliphatic heterocycles. The van der Waals surface area contributed by atoms with Crippen molar-refractivity contribution >= 4 is 18.7 Å². The summed E-state index contributed by atoms with van der Waals surface area (Å²) in [6, 6.07) is 8.40. The van der Waals surface area contributed by atoms with Gasteiger partial charge in [-0.05, 0) is 12.5 Å². The summed E-state index contributed by atoms with van der Waals surface area (Å²) in [5.74, 6) is 0.800. The average Bonchev–Trinajstić information content (AvgIpc) is 2.01. The second-order valence-electron chi connectivity index (χ2n) is 2.50. The first-order valence-corrected chi connectivity index (χ1v) is 4.30.